The first-order chi connectivity index (χ1) is 8.56. The summed E-state index contributed by atoms with van der Waals surface area (Å²) in [5.74, 6) is 0.760. The van der Waals surface area contributed by atoms with Crippen LogP contribution in [0.5, 0.6) is 0 Å². The Morgan fingerprint density at radius 1 is 1.33 bits per heavy atom. The van der Waals surface area contributed by atoms with E-state index in [1.54, 1.807) is 6.07 Å². The maximum Gasteiger partial charge on any atom is 0.131 e. The molecule has 18 heavy (non-hydrogen) atoms. The minimum absolute atomic E-state index is 0.438. The monoisotopic (exact) mass is 280 g/mol. The zero-order valence-electron chi connectivity index (χ0n) is 10.3. The van der Waals surface area contributed by atoms with Gasteiger partial charge in [0.2, 0.25) is 0 Å². The van der Waals surface area contributed by atoms with Crippen LogP contribution < -0.4 is 5.32 Å². The van der Waals surface area contributed by atoms with Crippen molar-refractivity contribution in [2.75, 3.05) is 5.32 Å². The fourth-order valence-corrected chi connectivity index (χ4v) is 2.74. The number of aromatic nitrogens is 1. The van der Waals surface area contributed by atoms with E-state index in [2.05, 4.69) is 30.2 Å². The molecule has 2 aromatic rings. The maximum absolute atomic E-state index is 6.18. The summed E-state index contributed by atoms with van der Waals surface area (Å²) in [5.41, 5.74) is 3.12. The molecule has 1 unspecified atom stereocenters. The molecule has 1 aromatic carbocycles. The molecule has 1 aliphatic rings. The van der Waals surface area contributed by atoms with E-state index in [9.17, 15) is 0 Å². The minimum atomic E-state index is 0.438. The molecule has 0 radical (unpaired) electrons. The Balaban J connectivity index is 2.10. The Labute approximate surface area is 116 Å². The van der Waals surface area contributed by atoms with Crippen molar-refractivity contribution in [3.63, 3.8) is 0 Å². The van der Waals surface area contributed by atoms with Gasteiger partial charge in [-0.05, 0) is 43.0 Å². The number of pyridine rings is 1. The highest BCUT2D eigenvalue weighted by Gasteiger charge is 2.32. The lowest BCUT2D eigenvalue weighted by Crippen LogP contribution is -2.05. The summed E-state index contributed by atoms with van der Waals surface area (Å²) >= 11 is 12.2. The van der Waals surface area contributed by atoms with Crippen molar-refractivity contribution in [1.82, 2.24) is 4.98 Å². The molecule has 1 heterocycles. The van der Waals surface area contributed by atoms with Gasteiger partial charge < -0.3 is 5.32 Å². The number of aryl methyl sites for hydroxylation is 1. The summed E-state index contributed by atoms with van der Waals surface area (Å²) in [6, 6.07) is 6.35. The van der Waals surface area contributed by atoms with E-state index < -0.39 is 0 Å². The van der Waals surface area contributed by atoms with Gasteiger partial charge in [0.05, 0.1) is 10.5 Å². The van der Waals surface area contributed by atoms with E-state index >= 15 is 0 Å². The normalized spacial score (nSPS) is 22.2. The largest absolute Gasteiger partial charge is 0.382 e. The smallest absolute Gasteiger partial charge is 0.131 e. The standard InChI is InChI=1S/C14H14Cl2N2/c1-7-5-12(7)17-11-4-3-9-10(15)6-13(16)18-14(9)8(11)2/h3-4,6-7,12,17H,5H2,1-2H3/t7?,12-/m0/s1. The topological polar surface area (TPSA) is 24.9 Å². The van der Waals surface area contributed by atoms with Gasteiger partial charge in [-0.2, -0.15) is 0 Å². The van der Waals surface area contributed by atoms with E-state index in [1.807, 2.05) is 6.07 Å². The van der Waals surface area contributed by atoms with Crippen molar-refractivity contribution in [3.8, 4) is 0 Å². The predicted octanol–water partition coefficient (Wildman–Crippen LogP) is 4.67. The fourth-order valence-electron chi connectivity index (χ4n) is 2.24. The molecule has 94 valence electrons. The average molecular weight is 281 g/mol. The molecular weight excluding hydrogens is 267 g/mol. The van der Waals surface area contributed by atoms with Gasteiger partial charge in [0.25, 0.3) is 0 Å². The fraction of sp³-hybridized carbons (Fsp3) is 0.357. The van der Waals surface area contributed by atoms with Gasteiger partial charge >= 0.3 is 0 Å². The van der Waals surface area contributed by atoms with E-state index in [0.29, 0.717) is 16.2 Å². The third kappa shape index (κ3) is 2.04. The Hall–Kier alpha value is -0.990. The van der Waals surface area contributed by atoms with Crippen molar-refractivity contribution >= 4 is 39.8 Å². The molecule has 2 nitrogen and oxygen atoms in total. The van der Waals surface area contributed by atoms with Crippen molar-refractivity contribution in [3.05, 3.63) is 33.9 Å². The van der Waals surface area contributed by atoms with Crippen LogP contribution in [0.1, 0.15) is 18.9 Å². The van der Waals surface area contributed by atoms with Gasteiger partial charge in [-0.25, -0.2) is 4.98 Å². The SMILES string of the molecule is Cc1c(N[C@H]2CC2C)ccc2c(Cl)cc(Cl)nc12. The van der Waals surface area contributed by atoms with Crippen LogP contribution in [0.2, 0.25) is 10.2 Å². The minimum Gasteiger partial charge on any atom is -0.382 e. The van der Waals surface area contributed by atoms with Crippen LogP contribution in [0.25, 0.3) is 10.9 Å². The number of anilines is 1. The molecule has 2 atom stereocenters. The molecule has 1 fully saturated rings. The van der Waals surface area contributed by atoms with Crippen LogP contribution in [0.4, 0.5) is 5.69 Å². The number of benzene rings is 1. The van der Waals surface area contributed by atoms with Gasteiger partial charge in [-0.15, -0.1) is 0 Å². The number of rotatable bonds is 2. The van der Waals surface area contributed by atoms with Gasteiger partial charge in [-0.1, -0.05) is 30.1 Å². The molecule has 1 saturated carbocycles. The lowest BCUT2D eigenvalue weighted by atomic mass is 10.1. The van der Waals surface area contributed by atoms with Gasteiger partial charge in [-0.3, -0.25) is 0 Å². The van der Waals surface area contributed by atoms with Crippen LogP contribution in [0.15, 0.2) is 18.2 Å². The molecule has 3 rings (SSSR count). The van der Waals surface area contributed by atoms with Gasteiger partial charge in [0, 0.05) is 17.1 Å². The first kappa shape index (κ1) is 12.1. The lowest BCUT2D eigenvalue weighted by Gasteiger charge is -2.12. The first-order valence-corrected chi connectivity index (χ1v) is 6.83. The van der Waals surface area contributed by atoms with Crippen molar-refractivity contribution in [1.29, 1.82) is 0 Å². The highest BCUT2D eigenvalue weighted by Crippen LogP contribution is 2.36. The maximum atomic E-state index is 6.18. The van der Waals surface area contributed by atoms with E-state index in [4.69, 9.17) is 23.2 Å². The van der Waals surface area contributed by atoms with Crippen LogP contribution in [0, 0.1) is 12.8 Å². The van der Waals surface area contributed by atoms with Gasteiger partial charge in [0.1, 0.15) is 5.15 Å². The Kier molecular flexibility index (Phi) is 2.87. The van der Waals surface area contributed by atoms with Crippen molar-refractivity contribution < 1.29 is 0 Å². The van der Waals surface area contributed by atoms with Crippen molar-refractivity contribution in [2.45, 2.75) is 26.3 Å². The zero-order chi connectivity index (χ0) is 12.9. The van der Waals surface area contributed by atoms with Crippen LogP contribution in [-0.4, -0.2) is 11.0 Å². The number of fused-ring (bicyclic) bond motifs is 1. The average Bonchev–Trinajstić information content (AvgIpc) is 2.99. The predicted molar refractivity (Wildman–Crippen MR) is 77.7 cm³/mol. The number of nitrogens with one attached hydrogen (secondary N) is 1. The molecular formula is C14H14Cl2N2. The molecule has 0 amide bonds. The van der Waals surface area contributed by atoms with Crippen LogP contribution >= 0.6 is 23.2 Å². The molecule has 0 bridgehead atoms. The second-order valence-corrected chi connectivity index (χ2v) is 5.82. The van der Waals surface area contributed by atoms with Crippen molar-refractivity contribution in [2.24, 2.45) is 5.92 Å². The summed E-state index contributed by atoms with van der Waals surface area (Å²) in [5, 5.41) is 5.58. The van der Waals surface area contributed by atoms with Gasteiger partial charge in [0.15, 0.2) is 0 Å². The molecule has 1 N–H and O–H groups in total. The second-order valence-electron chi connectivity index (χ2n) is 5.02. The summed E-state index contributed by atoms with van der Waals surface area (Å²) in [6.07, 6.45) is 1.24. The Morgan fingerprint density at radius 2 is 2.06 bits per heavy atom. The third-order valence-electron chi connectivity index (χ3n) is 3.60. The summed E-state index contributed by atoms with van der Waals surface area (Å²) < 4.78 is 0. The zero-order valence-corrected chi connectivity index (χ0v) is 11.8. The van der Waals surface area contributed by atoms with E-state index in [-0.39, 0.29) is 0 Å². The molecule has 1 aromatic heterocycles. The molecule has 0 saturated heterocycles. The highest BCUT2D eigenvalue weighted by molar-refractivity contribution is 6.37. The van der Waals surface area contributed by atoms with Crippen LogP contribution in [-0.2, 0) is 0 Å². The number of hydrogen-bond donors (Lipinski definition) is 1. The number of hydrogen-bond acceptors (Lipinski definition) is 2. The van der Waals surface area contributed by atoms with E-state index in [0.717, 1.165) is 28.1 Å². The molecule has 1 aliphatic carbocycles. The summed E-state index contributed by atoms with van der Waals surface area (Å²) in [6.45, 7) is 4.30. The second kappa shape index (κ2) is 4.29. The number of halogens is 2. The molecule has 0 aliphatic heterocycles. The summed E-state index contributed by atoms with van der Waals surface area (Å²) in [4.78, 5) is 4.38. The number of nitrogens with zero attached hydrogens (tertiary/aromatic N) is 1. The highest BCUT2D eigenvalue weighted by atomic mass is 35.5. The summed E-state index contributed by atoms with van der Waals surface area (Å²) in [7, 11) is 0. The lowest BCUT2D eigenvalue weighted by molar-refractivity contribution is 0.928. The molecule has 4 heteroatoms. The molecule has 0 spiro atoms. The van der Waals surface area contributed by atoms with Crippen LogP contribution in [0.3, 0.4) is 0 Å². The Bertz CT molecular complexity index is 625. The quantitative estimate of drug-likeness (QED) is 0.809. The van der Waals surface area contributed by atoms with E-state index in [1.165, 1.54) is 6.42 Å². The third-order valence-corrected chi connectivity index (χ3v) is 4.11. The first-order valence-electron chi connectivity index (χ1n) is 6.08. The Morgan fingerprint density at radius 3 is 2.72 bits per heavy atom.